The zero-order valence-corrected chi connectivity index (χ0v) is 15.2. The summed E-state index contributed by atoms with van der Waals surface area (Å²) >= 11 is 0. The number of rotatable bonds is 5. The van der Waals surface area contributed by atoms with Crippen LogP contribution in [0.3, 0.4) is 0 Å². The average molecular weight is 418 g/mol. The minimum absolute atomic E-state index is 0.00615. The molecule has 3 aromatic rings. The summed E-state index contributed by atoms with van der Waals surface area (Å²) in [4.78, 5) is 27.9. The maximum Gasteiger partial charge on any atom is 0.258 e. The molecule has 10 heteroatoms. The first-order valence-electron chi connectivity index (χ1n) is 8.51. The van der Waals surface area contributed by atoms with Gasteiger partial charge in [0.25, 0.3) is 5.91 Å². The highest BCUT2D eigenvalue weighted by Crippen LogP contribution is 2.33. The Hall–Kier alpha value is -3.79. The summed E-state index contributed by atoms with van der Waals surface area (Å²) in [6.45, 7) is -0.320. The van der Waals surface area contributed by atoms with Crippen molar-refractivity contribution in [2.75, 3.05) is 17.2 Å². The first-order chi connectivity index (χ1) is 14.3. The van der Waals surface area contributed by atoms with Crippen molar-refractivity contribution in [3.8, 4) is 11.1 Å². The van der Waals surface area contributed by atoms with Crippen molar-refractivity contribution >= 4 is 23.2 Å². The number of hydrogen-bond acceptors (Lipinski definition) is 4. The fourth-order valence-corrected chi connectivity index (χ4v) is 2.69. The molecule has 0 unspecified atom stereocenters. The van der Waals surface area contributed by atoms with E-state index in [1.807, 2.05) is 0 Å². The fraction of sp³-hybridized carbons (Fsp3) is 0.0500. The van der Waals surface area contributed by atoms with E-state index in [4.69, 9.17) is 5.73 Å². The molecule has 0 aliphatic carbocycles. The van der Waals surface area contributed by atoms with Crippen LogP contribution in [0.5, 0.6) is 0 Å². The first-order valence-corrected chi connectivity index (χ1v) is 8.51. The second-order valence-electron chi connectivity index (χ2n) is 6.01. The lowest BCUT2D eigenvalue weighted by molar-refractivity contribution is -0.114. The molecule has 2 amide bonds. The Balaban J connectivity index is 2.01. The van der Waals surface area contributed by atoms with Crippen molar-refractivity contribution in [1.82, 2.24) is 4.98 Å². The lowest BCUT2D eigenvalue weighted by Gasteiger charge is -2.14. The van der Waals surface area contributed by atoms with Crippen LogP contribution >= 0.6 is 0 Å². The number of hydrogen-bond donors (Lipinski definition) is 3. The lowest BCUT2D eigenvalue weighted by Crippen LogP contribution is -2.23. The van der Waals surface area contributed by atoms with Gasteiger partial charge in [0.15, 0.2) is 0 Å². The molecule has 0 bridgehead atoms. The van der Waals surface area contributed by atoms with E-state index in [2.05, 4.69) is 15.6 Å². The van der Waals surface area contributed by atoms with Gasteiger partial charge in [0.05, 0.1) is 40.8 Å². The quantitative estimate of drug-likeness (QED) is 0.553. The third-order valence-electron chi connectivity index (χ3n) is 4.08. The summed E-state index contributed by atoms with van der Waals surface area (Å²) < 4.78 is 57.3. The van der Waals surface area contributed by atoms with Gasteiger partial charge in [-0.2, -0.15) is 0 Å². The van der Waals surface area contributed by atoms with E-state index in [-0.39, 0.29) is 17.9 Å². The van der Waals surface area contributed by atoms with E-state index in [9.17, 15) is 27.2 Å². The number of amides is 2. The molecule has 0 aliphatic rings. The van der Waals surface area contributed by atoms with Crippen molar-refractivity contribution in [3.05, 3.63) is 77.6 Å². The highest BCUT2D eigenvalue weighted by atomic mass is 19.1. The molecule has 0 fully saturated rings. The highest BCUT2D eigenvalue weighted by molar-refractivity contribution is 6.08. The molecule has 2 aromatic carbocycles. The number of benzene rings is 2. The summed E-state index contributed by atoms with van der Waals surface area (Å²) in [6, 6.07) is 5.64. The number of carbonyl (C=O) groups excluding carboxylic acids is 2. The van der Waals surface area contributed by atoms with Crippen LogP contribution in [0.1, 0.15) is 10.4 Å². The number of halogens is 4. The number of pyridine rings is 1. The van der Waals surface area contributed by atoms with Gasteiger partial charge in [-0.25, -0.2) is 17.6 Å². The Labute approximate surface area is 167 Å². The molecule has 0 saturated carbocycles. The van der Waals surface area contributed by atoms with Crippen LogP contribution in [-0.2, 0) is 4.79 Å². The first kappa shape index (κ1) is 20.9. The van der Waals surface area contributed by atoms with Crippen molar-refractivity contribution in [3.63, 3.8) is 0 Å². The van der Waals surface area contributed by atoms with Gasteiger partial charge in [0.2, 0.25) is 5.91 Å². The van der Waals surface area contributed by atoms with Gasteiger partial charge in [-0.1, -0.05) is 6.07 Å². The Morgan fingerprint density at radius 2 is 1.53 bits per heavy atom. The zero-order valence-electron chi connectivity index (χ0n) is 15.2. The maximum absolute atomic E-state index is 15.0. The second-order valence-corrected chi connectivity index (χ2v) is 6.01. The molecule has 0 spiro atoms. The van der Waals surface area contributed by atoms with Crippen LogP contribution in [-0.4, -0.2) is 23.3 Å². The maximum atomic E-state index is 15.0. The second kappa shape index (κ2) is 8.70. The molecule has 6 nitrogen and oxygen atoms in total. The van der Waals surface area contributed by atoms with Crippen LogP contribution in [0, 0.1) is 23.3 Å². The normalized spacial score (nSPS) is 10.6. The van der Waals surface area contributed by atoms with E-state index in [0.717, 1.165) is 30.3 Å². The van der Waals surface area contributed by atoms with Crippen LogP contribution in [0.2, 0.25) is 0 Å². The molecule has 0 radical (unpaired) electrons. The van der Waals surface area contributed by atoms with Crippen molar-refractivity contribution < 1.29 is 27.2 Å². The Kier molecular flexibility index (Phi) is 6.07. The Morgan fingerprint density at radius 3 is 2.20 bits per heavy atom. The van der Waals surface area contributed by atoms with Crippen LogP contribution in [0.4, 0.5) is 28.9 Å². The van der Waals surface area contributed by atoms with E-state index in [1.54, 1.807) is 0 Å². The number of anilines is 2. The molecule has 4 N–H and O–H groups in total. The summed E-state index contributed by atoms with van der Waals surface area (Å²) in [6.07, 6.45) is 2.52. The third kappa shape index (κ3) is 4.13. The van der Waals surface area contributed by atoms with Crippen molar-refractivity contribution in [2.45, 2.75) is 0 Å². The average Bonchev–Trinajstić information content (AvgIpc) is 2.71. The van der Waals surface area contributed by atoms with Gasteiger partial charge in [0.1, 0.15) is 23.3 Å². The minimum atomic E-state index is -1.45. The van der Waals surface area contributed by atoms with Crippen LogP contribution in [0.15, 0.2) is 48.8 Å². The summed E-state index contributed by atoms with van der Waals surface area (Å²) in [5, 5.41) is 4.74. The van der Waals surface area contributed by atoms with E-state index >= 15 is 0 Å². The SMILES string of the molecule is NCC(=O)Nc1ccncc1NC(=O)c1ccc(F)c(-c2c(F)cccc2F)c1F. The molecule has 0 atom stereocenters. The molecule has 30 heavy (non-hydrogen) atoms. The van der Waals surface area contributed by atoms with Crippen molar-refractivity contribution in [2.24, 2.45) is 5.73 Å². The summed E-state index contributed by atoms with van der Waals surface area (Å²) in [7, 11) is 0. The molecule has 1 aromatic heterocycles. The summed E-state index contributed by atoms with van der Waals surface area (Å²) in [5.41, 5.74) is 2.76. The Bertz CT molecular complexity index is 1120. The van der Waals surface area contributed by atoms with E-state index in [0.29, 0.717) is 0 Å². The predicted molar refractivity (Wildman–Crippen MR) is 102 cm³/mol. The standard InChI is InChI=1S/C20H14F4N4O2/c21-11-2-1-3-12(22)17(11)18-13(23)5-4-10(19(18)24)20(30)28-15-9-26-7-6-14(15)27-16(29)8-25/h1-7,9H,8,25H2,(H,28,30)(H,26,27,29). The van der Waals surface area contributed by atoms with Gasteiger partial charge in [-0.3, -0.25) is 14.6 Å². The fourth-order valence-electron chi connectivity index (χ4n) is 2.69. The topological polar surface area (TPSA) is 97.1 Å². The van der Waals surface area contributed by atoms with Gasteiger partial charge in [0, 0.05) is 6.20 Å². The number of nitrogens with two attached hydrogens (primary N) is 1. The van der Waals surface area contributed by atoms with Gasteiger partial charge < -0.3 is 16.4 Å². The largest absolute Gasteiger partial charge is 0.323 e. The lowest BCUT2D eigenvalue weighted by atomic mass is 9.99. The van der Waals surface area contributed by atoms with Gasteiger partial charge in [-0.15, -0.1) is 0 Å². The van der Waals surface area contributed by atoms with Gasteiger partial charge >= 0.3 is 0 Å². The molecule has 0 saturated heterocycles. The smallest absolute Gasteiger partial charge is 0.258 e. The number of nitrogens with zero attached hydrogens (tertiary/aromatic N) is 1. The van der Waals surface area contributed by atoms with Crippen LogP contribution < -0.4 is 16.4 Å². The van der Waals surface area contributed by atoms with E-state index in [1.165, 1.54) is 18.5 Å². The molecular formula is C20H14F4N4O2. The number of aromatic nitrogens is 1. The Morgan fingerprint density at radius 1 is 0.867 bits per heavy atom. The molecule has 154 valence electrons. The van der Waals surface area contributed by atoms with Crippen LogP contribution in [0.25, 0.3) is 11.1 Å². The molecule has 3 rings (SSSR count). The molecule has 1 heterocycles. The highest BCUT2D eigenvalue weighted by Gasteiger charge is 2.25. The van der Waals surface area contributed by atoms with Gasteiger partial charge in [-0.05, 0) is 30.3 Å². The molecule has 0 aliphatic heterocycles. The van der Waals surface area contributed by atoms with Crippen molar-refractivity contribution in [1.29, 1.82) is 0 Å². The van der Waals surface area contributed by atoms with E-state index < -0.39 is 51.8 Å². The number of nitrogens with one attached hydrogen (secondary N) is 2. The number of carbonyl (C=O) groups is 2. The summed E-state index contributed by atoms with van der Waals surface area (Å²) in [5.74, 6) is -6.68. The predicted octanol–water partition coefficient (Wildman–Crippen LogP) is 3.45. The minimum Gasteiger partial charge on any atom is -0.323 e. The monoisotopic (exact) mass is 418 g/mol. The zero-order chi connectivity index (χ0) is 21.8. The third-order valence-corrected chi connectivity index (χ3v) is 4.08. The molecular weight excluding hydrogens is 404 g/mol.